The Bertz CT molecular complexity index is 2300. The molecule has 2 aliphatic heterocycles. The Morgan fingerprint density at radius 1 is 0.655 bits per heavy atom. The van der Waals surface area contributed by atoms with Crippen LogP contribution in [0.2, 0.25) is 0 Å². The van der Waals surface area contributed by atoms with Crippen LogP contribution in [-0.4, -0.2) is 56.6 Å². The summed E-state index contributed by atoms with van der Waals surface area (Å²) >= 11 is 0. The molecule has 0 aromatic heterocycles. The van der Waals surface area contributed by atoms with E-state index in [2.05, 4.69) is 135 Å². The Kier molecular flexibility index (Phi) is 15.6. The van der Waals surface area contributed by atoms with Crippen molar-refractivity contribution >= 4 is 53.2 Å². The van der Waals surface area contributed by atoms with E-state index in [0.29, 0.717) is 38.8 Å². The van der Waals surface area contributed by atoms with Gasteiger partial charge in [0.15, 0.2) is 0 Å². The van der Waals surface area contributed by atoms with Crippen LogP contribution in [0.25, 0.3) is 21.5 Å². The maximum atomic E-state index is 11.3. The van der Waals surface area contributed by atoms with Gasteiger partial charge in [-0.2, -0.15) is 0 Å². The van der Waals surface area contributed by atoms with E-state index in [1.807, 2.05) is 6.07 Å². The molecule has 282 valence electrons. The number of allylic oxidation sites excluding steroid dienone is 5. The van der Waals surface area contributed by atoms with Crippen LogP contribution in [0.15, 0.2) is 109 Å². The first kappa shape index (κ1) is 45.7. The number of nitrogens with zero attached hydrogens (tertiary/aromatic N) is 2. The summed E-state index contributed by atoms with van der Waals surface area (Å²) in [6, 6.07) is 25.5. The number of hydrogen-bond donors (Lipinski definition) is 0. The zero-order chi connectivity index (χ0) is 38.0. The fraction of sp³-hybridized carbons (Fsp3) is 0.395. The first-order valence-corrected chi connectivity index (χ1v) is 21.7. The number of anilines is 2. The summed E-state index contributed by atoms with van der Waals surface area (Å²) in [7, 11) is -8.50. The first-order chi connectivity index (χ1) is 25.1. The van der Waals surface area contributed by atoms with Gasteiger partial charge in [-0.05, 0) is 89.4 Å². The summed E-state index contributed by atoms with van der Waals surface area (Å²) in [5.41, 5.74) is 5.47. The minimum atomic E-state index is -4.25. The SMILES string of the molecule is CC1(C)C(=CC=CCCC=CC2N(CCCCS(=O)(=O)[O-])c3ccc4ccccc4c3C2(C)C)N(CCCCS(=O)(=O)[O-])c2ccc3ccccc3c21.[Na+].[Na+]. The number of rotatable bonds is 15. The summed E-state index contributed by atoms with van der Waals surface area (Å²) in [6.45, 7) is 10.3. The molecule has 0 N–H and O–H groups in total. The van der Waals surface area contributed by atoms with Crippen LogP contribution in [0, 0.1) is 0 Å². The summed E-state index contributed by atoms with van der Waals surface area (Å²) in [6.07, 6.45) is 14.5. The predicted octanol–water partition coefficient (Wildman–Crippen LogP) is 2.69. The van der Waals surface area contributed by atoms with Crippen LogP contribution < -0.4 is 68.9 Å². The van der Waals surface area contributed by atoms with Gasteiger partial charge in [-0.15, -0.1) is 0 Å². The van der Waals surface area contributed by atoms with E-state index in [9.17, 15) is 25.9 Å². The third-order valence-corrected chi connectivity index (χ3v) is 12.5. The maximum absolute atomic E-state index is 11.3. The average Bonchev–Trinajstić information content (AvgIpc) is 3.45. The van der Waals surface area contributed by atoms with E-state index in [1.54, 1.807) is 0 Å². The normalized spacial score (nSPS) is 18.3. The van der Waals surface area contributed by atoms with Crippen molar-refractivity contribution in [2.75, 3.05) is 34.4 Å². The van der Waals surface area contributed by atoms with Gasteiger partial charge in [0.05, 0.1) is 26.3 Å². The molecule has 0 aliphatic carbocycles. The molecule has 0 amide bonds. The Labute approximate surface area is 372 Å². The molecule has 0 spiro atoms. The molecule has 2 heterocycles. The molecule has 0 bridgehead atoms. The second-order valence-corrected chi connectivity index (χ2v) is 18.5. The van der Waals surface area contributed by atoms with Crippen LogP contribution in [0.3, 0.4) is 0 Å². The van der Waals surface area contributed by atoms with Gasteiger partial charge in [0.1, 0.15) is 0 Å². The molecule has 6 rings (SSSR count). The standard InChI is InChI=1S/C43H52N2O6S2.2Na/c1-42(2)38(44(28-14-16-30-52(46,47)48)36-26-24-32-18-10-12-20-34(32)40(36)42)22-8-6-5-7-9-23-39-43(3,4)41-35-21-13-11-19-33(35)25-27-37(41)45(39)29-15-17-31-53(49,50)51;;/h6,8-13,18-27,39H,5,7,14-17,28-31H2,1-4H3,(H,46,47,48)(H,49,50,51);;/q;2*+1/p-2. The van der Waals surface area contributed by atoms with Crippen LogP contribution >= 0.6 is 0 Å². The smallest absolute Gasteiger partial charge is 0.748 e. The number of fused-ring (bicyclic) bond motifs is 6. The van der Waals surface area contributed by atoms with Gasteiger partial charge in [-0.1, -0.05) is 113 Å². The van der Waals surface area contributed by atoms with Crippen molar-refractivity contribution < 1.29 is 85.1 Å². The van der Waals surface area contributed by atoms with Crippen LogP contribution in [0.5, 0.6) is 0 Å². The number of unbranched alkanes of at least 4 members (excludes halogenated alkanes) is 3. The maximum Gasteiger partial charge on any atom is 1.00 e. The fourth-order valence-corrected chi connectivity index (χ4v) is 9.64. The van der Waals surface area contributed by atoms with Crippen molar-refractivity contribution in [1.29, 1.82) is 0 Å². The van der Waals surface area contributed by atoms with E-state index in [1.165, 1.54) is 32.7 Å². The molecule has 0 saturated heterocycles. The van der Waals surface area contributed by atoms with Gasteiger partial charge in [0.2, 0.25) is 0 Å². The molecule has 4 aromatic carbocycles. The van der Waals surface area contributed by atoms with Crippen molar-refractivity contribution in [2.45, 2.75) is 83.1 Å². The van der Waals surface area contributed by atoms with E-state index < -0.39 is 20.2 Å². The third-order valence-electron chi connectivity index (χ3n) is 11.0. The van der Waals surface area contributed by atoms with Crippen molar-refractivity contribution in [3.63, 3.8) is 0 Å². The van der Waals surface area contributed by atoms with E-state index in [0.717, 1.165) is 29.9 Å². The molecule has 12 heteroatoms. The Balaban J connectivity index is 0.00000336. The van der Waals surface area contributed by atoms with Crippen LogP contribution in [0.1, 0.15) is 77.3 Å². The second-order valence-electron chi connectivity index (χ2n) is 15.4. The van der Waals surface area contributed by atoms with E-state index >= 15 is 0 Å². The van der Waals surface area contributed by atoms with Gasteiger partial charge >= 0.3 is 59.1 Å². The molecule has 55 heavy (non-hydrogen) atoms. The van der Waals surface area contributed by atoms with Crippen molar-refractivity contribution in [3.8, 4) is 0 Å². The molecule has 1 unspecified atom stereocenters. The van der Waals surface area contributed by atoms with E-state index in [-0.39, 0.29) is 87.5 Å². The minimum Gasteiger partial charge on any atom is -0.748 e. The van der Waals surface area contributed by atoms with Gasteiger partial charge in [-0.3, -0.25) is 0 Å². The van der Waals surface area contributed by atoms with Crippen molar-refractivity contribution in [3.05, 3.63) is 120 Å². The van der Waals surface area contributed by atoms with Crippen LogP contribution in [-0.2, 0) is 31.1 Å². The molecular formula is C43H50N2Na2O6S2. The van der Waals surface area contributed by atoms with E-state index in [4.69, 9.17) is 0 Å². The second kappa shape index (κ2) is 18.7. The Morgan fingerprint density at radius 2 is 1.18 bits per heavy atom. The van der Waals surface area contributed by atoms with Crippen molar-refractivity contribution in [1.82, 2.24) is 0 Å². The molecular weight excluding hydrogens is 751 g/mol. The minimum absolute atomic E-state index is 0. The first-order valence-electron chi connectivity index (χ1n) is 18.6. The largest absolute Gasteiger partial charge is 1.00 e. The predicted molar refractivity (Wildman–Crippen MR) is 216 cm³/mol. The molecule has 0 radical (unpaired) electrons. The zero-order valence-electron chi connectivity index (χ0n) is 33.1. The van der Waals surface area contributed by atoms with Gasteiger partial charge in [-0.25, -0.2) is 16.8 Å². The van der Waals surface area contributed by atoms with Gasteiger partial charge < -0.3 is 18.9 Å². The van der Waals surface area contributed by atoms with Gasteiger partial charge in [0.25, 0.3) is 0 Å². The summed E-state index contributed by atoms with van der Waals surface area (Å²) < 4.78 is 67.6. The topological polar surface area (TPSA) is 121 Å². The molecule has 1 atom stereocenters. The summed E-state index contributed by atoms with van der Waals surface area (Å²) in [4.78, 5) is 4.66. The number of benzene rings is 4. The third kappa shape index (κ3) is 10.4. The zero-order valence-corrected chi connectivity index (χ0v) is 38.8. The van der Waals surface area contributed by atoms with Gasteiger partial charge in [0, 0.05) is 52.5 Å². The molecule has 2 aliphatic rings. The summed E-state index contributed by atoms with van der Waals surface area (Å²) in [5.74, 6) is -0.702. The summed E-state index contributed by atoms with van der Waals surface area (Å²) in [5, 5.41) is 4.80. The Morgan fingerprint density at radius 3 is 1.78 bits per heavy atom. The van der Waals surface area contributed by atoms with Crippen molar-refractivity contribution in [2.24, 2.45) is 0 Å². The molecule has 8 nitrogen and oxygen atoms in total. The Hall–Kier alpha value is -1.96. The quantitative estimate of drug-likeness (QED) is 0.0780. The molecule has 0 fully saturated rings. The fourth-order valence-electron chi connectivity index (χ4n) is 8.53. The van der Waals surface area contributed by atoms with Crippen LogP contribution in [0.4, 0.5) is 11.4 Å². The number of hydrogen-bond acceptors (Lipinski definition) is 8. The average molecular weight is 801 g/mol. The molecule has 4 aromatic rings. The molecule has 0 saturated carbocycles. The monoisotopic (exact) mass is 800 g/mol.